The van der Waals surface area contributed by atoms with Crippen molar-refractivity contribution in [1.29, 1.82) is 0 Å². The van der Waals surface area contributed by atoms with Crippen molar-refractivity contribution in [3.8, 4) is 0 Å². The minimum atomic E-state index is -2.43. The van der Waals surface area contributed by atoms with Crippen LogP contribution in [0.25, 0.3) is 0 Å². The summed E-state index contributed by atoms with van der Waals surface area (Å²) in [5, 5.41) is 0. The van der Waals surface area contributed by atoms with Crippen LogP contribution in [0.5, 0.6) is 0 Å². The number of hydrogen-bond donors (Lipinski definition) is 0. The molecule has 0 spiro atoms. The standard InChI is InChI=1S/C20H18FNO3/c1-13(18(23)25-3)17(14-9-5-4-6-10-14)20(21)15-11-7-8-12-16(15)22(2)19(20)24/h4-12,17H,1H2,2-3H3/t17-,20-/m0/s1. The SMILES string of the molecule is C=C(C(=O)OC)[C@@H](c1ccccc1)[C@]1(F)C(=O)N(C)c2ccccc21. The van der Waals surface area contributed by atoms with E-state index in [4.69, 9.17) is 4.74 Å². The Labute approximate surface area is 145 Å². The summed E-state index contributed by atoms with van der Waals surface area (Å²) in [5.41, 5.74) is -1.35. The molecule has 25 heavy (non-hydrogen) atoms. The number of rotatable bonds is 4. The number of ether oxygens (including phenoxy) is 1. The van der Waals surface area contributed by atoms with Gasteiger partial charge in [0.05, 0.1) is 18.7 Å². The maximum absolute atomic E-state index is 16.4. The number of benzene rings is 2. The number of likely N-dealkylation sites (N-methyl/N-ethyl adjacent to an activating group) is 1. The van der Waals surface area contributed by atoms with Crippen LogP contribution in [0.3, 0.4) is 0 Å². The van der Waals surface area contributed by atoms with Gasteiger partial charge in [0.1, 0.15) is 0 Å². The summed E-state index contributed by atoms with van der Waals surface area (Å²) in [6, 6.07) is 15.2. The number of carbonyl (C=O) groups excluding carboxylic acids is 2. The van der Waals surface area contributed by atoms with Gasteiger partial charge in [-0.3, -0.25) is 4.79 Å². The Morgan fingerprint density at radius 3 is 2.40 bits per heavy atom. The molecule has 2 aromatic carbocycles. The van der Waals surface area contributed by atoms with Gasteiger partial charge in [0, 0.05) is 18.2 Å². The topological polar surface area (TPSA) is 46.6 Å². The summed E-state index contributed by atoms with van der Waals surface area (Å²) in [6.07, 6.45) is 0. The molecule has 1 amide bonds. The first kappa shape index (κ1) is 16.9. The molecule has 0 N–H and O–H groups in total. The largest absolute Gasteiger partial charge is 0.466 e. The van der Waals surface area contributed by atoms with Crippen LogP contribution in [0.15, 0.2) is 66.7 Å². The highest BCUT2D eigenvalue weighted by Crippen LogP contribution is 2.52. The molecule has 1 aliphatic rings. The fourth-order valence-corrected chi connectivity index (χ4v) is 3.39. The first-order valence-corrected chi connectivity index (χ1v) is 7.81. The van der Waals surface area contributed by atoms with Gasteiger partial charge in [0.15, 0.2) is 0 Å². The molecule has 0 aromatic heterocycles. The average Bonchev–Trinajstić information content (AvgIpc) is 2.84. The number of fused-ring (bicyclic) bond motifs is 1. The number of amides is 1. The van der Waals surface area contributed by atoms with Gasteiger partial charge in [-0.15, -0.1) is 0 Å². The first-order chi connectivity index (χ1) is 11.9. The Kier molecular flexibility index (Phi) is 4.17. The van der Waals surface area contributed by atoms with Gasteiger partial charge in [0.2, 0.25) is 5.67 Å². The van der Waals surface area contributed by atoms with Crippen LogP contribution in [-0.2, 0) is 20.0 Å². The van der Waals surface area contributed by atoms with E-state index in [1.807, 2.05) is 0 Å². The van der Waals surface area contributed by atoms with Crippen LogP contribution < -0.4 is 4.90 Å². The van der Waals surface area contributed by atoms with Crippen LogP contribution in [-0.4, -0.2) is 26.0 Å². The summed E-state index contributed by atoms with van der Waals surface area (Å²) in [5.74, 6) is -2.65. The highest BCUT2D eigenvalue weighted by molar-refractivity contribution is 6.08. The molecule has 2 atom stereocenters. The molecule has 0 saturated carbocycles. The second kappa shape index (κ2) is 6.16. The van der Waals surface area contributed by atoms with Gasteiger partial charge in [-0.1, -0.05) is 55.1 Å². The van der Waals surface area contributed by atoms with Crippen molar-refractivity contribution in [1.82, 2.24) is 0 Å². The number of methoxy groups -OCH3 is 1. The van der Waals surface area contributed by atoms with Gasteiger partial charge in [-0.25, -0.2) is 9.18 Å². The average molecular weight is 339 g/mol. The molecule has 128 valence electrons. The summed E-state index contributed by atoms with van der Waals surface area (Å²) in [4.78, 5) is 26.3. The lowest BCUT2D eigenvalue weighted by molar-refractivity contribution is -0.137. The Bertz CT molecular complexity index is 849. The maximum Gasteiger partial charge on any atom is 0.333 e. The Morgan fingerprint density at radius 2 is 1.76 bits per heavy atom. The van der Waals surface area contributed by atoms with Crippen molar-refractivity contribution in [3.05, 3.63) is 77.9 Å². The summed E-state index contributed by atoms with van der Waals surface area (Å²) in [7, 11) is 2.72. The van der Waals surface area contributed by atoms with Gasteiger partial charge in [-0.05, 0) is 11.6 Å². The molecule has 3 rings (SSSR count). The van der Waals surface area contributed by atoms with E-state index in [0.717, 1.165) is 0 Å². The molecule has 5 heteroatoms. The van der Waals surface area contributed by atoms with Gasteiger partial charge in [-0.2, -0.15) is 0 Å². The van der Waals surface area contributed by atoms with E-state index in [2.05, 4.69) is 6.58 Å². The number of esters is 1. The molecule has 1 heterocycles. The second-order valence-electron chi connectivity index (χ2n) is 5.95. The van der Waals surface area contributed by atoms with Crippen LogP contribution in [0.2, 0.25) is 0 Å². The minimum absolute atomic E-state index is 0.102. The number of halogens is 1. The predicted octanol–water partition coefficient (Wildman–Crippen LogP) is 3.34. The van der Waals surface area contributed by atoms with Gasteiger partial charge < -0.3 is 9.64 Å². The van der Waals surface area contributed by atoms with Crippen LogP contribution in [0.1, 0.15) is 17.0 Å². The van der Waals surface area contributed by atoms with Crippen molar-refractivity contribution < 1.29 is 18.7 Å². The lowest BCUT2D eigenvalue weighted by Crippen LogP contribution is -2.41. The predicted molar refractivity (Wildman–Crippen MR) is 93.0 cm³/mol. The highest BCUT2D eigenvalue weighted by atomic mass is 19.1. The van der Waals surface area contributed by atoms with E-state index in [1.165, 1.54) is 19.1 Å². The lowest BCUT2D eigenvalue weighted by Gasteiger charge is -2.30. The molecule has 0 unspecified atom stereocenters. The normalized spacial score (nSPS) is 20.1. The highest BCUT2D eigenvalue weighted by Gasteiger charge is 2.57. The van der Waals surface area contributed by atoms with Crippen molar-refractivity contribution in [2.45, 2.75) is 11.6 Å². The Balaban J connectivity index is 2.24. The number of nitrogens with zero attached hydrogens (tertiary/aromatic N) is 1. The first-order valence-electron chi connectivity index (χ1n) is 7.81. The molecule has 0 aliphatic carbocycles. The number of hydrogen-bond acceptors (Lipinski definition) is 3. The lowest BCUT2D eigenvalue weighted by atomic mass is 9.75. The van der Waals surface area contributed by atoms with Crippen molar-refractivity contribution in [2.75, 3.05) is 19.1 Å². The molecular weight excluding hydrogens is 321 g/mol. The summed E-state index contributed by atoms with van der Waals surface area (Å²) in [6.45, 7) is 3.74. The van der Waals surface area contributed by atoms with Gasteiger partial charge >= 0.3 is 5.97 Å². The van der Waals surface area contributed by atoms with Crippen molar-refractivity contribution >= 4 is 17.6 Å². The monoisotopic (exact) mass is 339 g/mol. The quantitative estimate of drug-likeness (QED) is 0.634. The maximum atomic E-state index is 16.4. The third-order valence-electron chi connectivity index (χ3n) is 4.60. The summed E-state index contributed by atoms with van der Waals surface area (Å²) >= 11 is 0. The van der Waals surface area contributed by atoms with Crippen molar-refractivity contribution in [2.24, 2.45) is 0 Å². The number of para-hydroxylation sites is 1. The molecular formula is C20H18FNO3. The molecule has 0 bridgehead atoms. The number of carbonyl (C=O) groups is 2. The van der Waals surface area contributed by atoms with E-state index >= 15 is 4.39 Å². The van der Waals surface area contributed by atoms with Crippen LogP contribution in [0, 0.1) is 0 Å². The van der Waals surface area contributed by atoms with Crippen LogP contribution >= 0.6 is 0 Å². The fraction of sp³-hybridized carbons (Fsp3) is 0.200. The zero-order chi connectivity index (χ0) is 18.2. The molecule has 2 aromatic rings. The van der Waals surface area contributed by atoms with E-state index < -0.39 is 23.5 Å². The smallest absolute Gasteiger partial charge is 0.333 e. The summed E-state index contributed by atoms with van der Waals surface area (Å²) < 4.78 is 21.1. The number of alkyl halides is 1. The Hall–Kier alpha value is -2.95. The molecule has 0 saturated heterocycles. The zero-order valence-corrected chi connectivity index (χ0v) is 14.0. The zero-order valence-electron chi connectivity index (χ0n) is 14.0. The van der Waals surface area contributed by atoms with Gasteiger partial charge in [0.25, 0.3) is 5.91 Å². The minimum Gasteiger partial charge on any atom is -0.466 e. The molecule has 1 aliphatic heterocycles. The van der Waals surface area contributed by atoms with Crippen molar-refractivity contribution in [3.63, 3.8) is 0 Å². The fourth-order valence-electron chi connectivity index (χ4n) is 3.39. The number of anilines is 1. The molecule has 0 fully saturated rings. The molecule has 0 radical (unpaired) electrons. The van der Waals surface area contributed by atoms with E-state index in [1.54, 1.807) is 54.6 Å². The van der Waals surface area contributed by atoms with E-state index in [-0.39, 0.29) is 11.1 Å². The molecule has 4 nitrogen and oxygen atoms in total. The van der Waals surface area contributed by atoms with E-state index in [0.29, 0.717) is 11.3 Å². The van der Waals surface area contributed by atoms with E-state index in [9.17, 15) is 9.59 Å². The third-order valence-corrected chi connectivity index (χ3v) is 4.60. The third kappa shape index (κ3) is 2.43. The Morgan fingerprint density at radius 1 is 1.16 bits per heavy atom. The van der Waals surface area contributed by atoms with Crippen LogP contribution in [0.4, 0.5) is 10.1 Å². The second-order valence-corrected chi connectivity index (χ2v) is 5.95.